The van der Waals surface area contributed by atoms with E-state index in [-0.39, 0.29) is 30.0 Å². The molecule has 1 atom stereocenters. The van der Waals surface area contributed by atoms with E-state index in [4.69, 9.17) is 4.99 Å². The third kappa shape index (κ3) is 6.21. The van der Waals surface area contributed by atoms with E-state index in [1.165, 1.54) is 27.6 Å². The number of aryl methyl sites for hydroxylation is 2. The van der Waals surface area contributed by atoms with Crippen LogP contribution in [0.5, 0.6) is 0 Å². The van der Waals surface area contributed by atoms with Crippen molar-refractivity contribution in [2.24, 2.45) is 12.0 Å². The van der Waals surface area contributed by atoms with E-state index in [2.05, 4.69) is 84.2 Å². The van der Waals surface area contributed by atoms with Gasteiger partial charge in [-0.1, -0.05) is 12.1 Å². The summed E-state index contributed by atoms with van der Waals surface area (Å²) in [7, 11) is 6.09. The summed E-state index contributed by atoms with van der Waals surface area (Å²) in [5.74, 6) is 0.846. The van der Waals surface area contributed by atoms with Crippen LogP contribution in [0.15, 0.2) is 41.8 Å². The Bertz CT molecular complexity index is 957. The lowest BCUT2D eigenvalue weighted by Gasteiger charge is -2.22. The van der Waals surface area contributed by atoms with Gasteiger partial charge in [0.15, 0.2) is 5.96 Å². The highest BCUT2D eigenvalue weighted by molar-refractivity contribution is 14.0. The summed E-state index contributed by atoms with van der Waals surface area (Å²) < 4.78 is 1.84. The predicted octanol–water partition coefficient (Wildman–Crippen LogP) is 3.23. The van der Waals surface area contributed by atoms with Crippen molar-refractivity contribution in [1.29, 1.82) is 0 Å². The van der Waals surface area contributed by atoms with Gasteiger partial charge in [-0.2, -0.15) is 5.10 Å². The Hall–Kier alpha value is -2.07. The number of nitrogens with zero attached hydrogens (tertiary/aromatic N) is 4. The average Bonchev–Trinajstić information content (AvgIpc) is 3.27. The van der Waals surface area contributed by atoms with Crippen molar-refractivity contribution in [1.82, 2.24) is 30.3 Å². The molecule has 0 radical (unpaired) electrons. The molecule has 3 rings (SSSR count). The van der Waals surface area contributed by atoms with Crippen molar-refractivity contribution in [2.75, 3.05) is 33.7 Å². The van der Waals surface area contributed by atoms with Gasteiger partial charge in [0.1, 0.15) is 0 Å². The highest BCUT2D eigenvalue weighted by Crippen LogP contribution is 2.20. The van der Waals surface area contributed by atoms with E-state index in [0.29, 0.717) is 6.54 Å². The zero-order valence-corrected chi connectivity index (χ0v) is 20.9. The van der Waals surface area contributed by atoms with Gasteiger partial charge in [0, 0.05) is 49.0 Å². The van der Waals surface area contributed by atoms with Crippen molar-refractivity contribution in [3.8, 4) is 0 Å². The molecule has 1 unspecified atom stereocenters. The number of aliphatic imine (C=N–C) groups is 1. The molecule has 3 N–H and O–H groups in total. The molecule has 0 saturated carbocycles. The standard InChI is InChI=1S/C22H33N7.HI/c1-6-23-22(26-14-21(28(3)4)18-13-27-29(5)15-18)24-10-9-17-12-25-20-11-16(2)7-8-19(17)20;/h7-8,11-13,15,21,25H,6,9-10,14H2,1-5H3,(H2,23,24,26);1H. The quantitative estimate of drug-likeness (QED) is 0.241. The number of nitrogens with one attached hydrogen (secondary N) is 3. The first-order valence-electron chi connectivity index (χ1n) is 10.2. The Balaban J connectivity index is 0.00000320. The van der Waals surface area contributed by atoms with Gasteiger partial charge in [-0.15, -0.1) is 24.0 Å². The van der Waals surface area contributed by atoms with E-state index < -0.39 is 0 Å². The Morgan fingerprint density at radius 1 is 1.30 bits per heavy atom. The average molecular weight is 523 g/mol. The van der Waals surface area contributed by atoms with Crippen molar-refractivity contribution in [2.45, 2.75) is 26.3 Å². The summed E-state index contributed by atoms with van der Waals surface area (Å²) in [6.45, 7) is 6.53. The Morgan fingerprint density at radius 3 is 2.77 bits per heavy atom. The third-order valence-electron chi connectivity index (χ3n) is 5.11. The van der Waals surface area contributed by atoms with Crippen LogP contribution in [0.25, 0.3) is 10.9 Å². The number of aromatic amines is 1. The van der Waals surface area contributed by atoms with Gasteiger partial charge in [0.25, 0.3) is 0 Å². The summed E-state index contributed by atoms with van der Waals surface area (Å²) in [4.78, 5) is 10.4. The number of halogens is 1. The number of likely N-dealkylation sites (N-methyl/N-ethyl adjacent to an activating group) is 1. The number of hydrogen-bond donors (Lipinski definition) is 3. The molecule has 0 bridgehead atoms. The molecule has 164 valence electrons. The Labute approximate surface area is 196 Å². The first kappa shape index (κ1) is 24.2. The van der Waals surface area contributed by atoms with Crippen molar-refractivity contribution in [3.05, 3.63) is 53.5 Å². The van der Waals surface area contributed by atoms with Crippen LogP contribution in [0.1, 0.15) is 29.7 Å². The number of rotatable bonds is 8. The van der Waals surface area contributed by atoms with Crippen LogP contribution in [0.3, 0.4) is 0 Å². The summed E-state index contributed by atoms with van der Waals surface area (Å²) >= 11 is 0. The van der Waals surface area contributed by atoms with Crippen LogP contribution in [-0.4, -0.2) is 59.4 Å². The number of H-pyrrole nitrogens is 1. The number of hydrogen-bond acceptors (Lipinski definition) is 3. The van der Waals surface area contributed by atoms with Crippen LogP contribution in [0.4, 0.5) is 0 Å². The van der Waals surface area contributed by atoms with E-state index in [9.17, 15) is 0 Å². The van der Waals surface area contributed by atoms with E-state index in [1.54, 1.807) is 0 Å². The molecule has 7 nitrogen and oxygen atoms in total. The third-order valence-corrected chi connectivity index (χ3v) is 5.11. The number of fused-ring (bicyclic) bond motifs is 1. The van der Waals surface area contributed by atoms with Gasteiger partial charge < -0.3 is 20.5 Å². The normalized spacial score (nSPS) is 12.8. The molecule has 0 fully saturated rings. The lowest BCUT2D eigenvalue weighted by Crippen LogP contribution is -2.39. The molecule has 0 spiro atoms. The second-order valence-corrected chi connectivity index (χ2v) is 7.69. The molecule has 0 aliphatic carbocycles. The first-order valence-corrected chi connectivity index (χ1v) is 10.2. The Morgan fingerprint density at radius 2 is 2.10 bits per heavy atom. The molecule has 8 heteroatoms. The maximum atomic E-state index is 4.82. The minimum atomic E-state index is 0. The van der Waals surface area contributed by atoms with Gasteiger partial charge in [-0.05, 0) is 51.6 Å². The monoisotopic (exact) mass is 523 g/mol. The van der Waals surface area contributed by atoms with Gasteiger partial charge in [-0.25, -0.2) is 0 Å². The SMILES string of the molecule is CCNC(=NCC(c1cnn(C)c1)N(C)C)NCCc1c[nH]c2cc(C)ccc12.I. The lowest BCUT2D eigenvalue weighted by atomic mass is 10.1. The maximum Gasteiger partial charge on any atom is 0.191 e. The molecule has 0 amide bonds. The second-order valence-electron chi connectivity index (χ2n) is 7.69. The van der Waals surface area contributed by atoms with Gasteiger partial charge >= 0.3 is 0 Å². The highest BCUT2D eigenvalue weighted by Gasteiger charge is 2.15. The number of guanidine groups is 1. The van der Waals surface area contributed by atoms with Gasteiger partial charge in [0.2, 0.25) is 0 Å². The van der Waals surface area contributed by atoms with Crippen molar-refractivity contribution < 1.29 is 0 Å². The number of aromatic nitrogens is 3. The van der Waals surface area contributed by atoms with Crippen molar-refractivity contribution in [3.63, 3.8) is 0 Å². The second kappa shape index (κ2) is 11.4. The zero-order valence-electron chi connectivity index (χ0n) is 18.6. The fourth-order valence-electron chi connectivity index (χ4n) is 3.52. The van der Waals surface area contributed by atoms with Crippen LogP contribution in [0.2, 0.25) is 0 Å². The maximum absolute atomic E-state index is 4.82. The topological polar surface area (TPSA) is 73.3 Å². The molecule has 0 saturated heterocycles. The zero-order chi connectivity index (χ0) is 20.8. The molecule has 30 heavy (non-hydrogen) atoms. The first-order chi connectivity index (χ1) is 14.0. The van der Waals surface area contributed by atoms with Crippen LogP contribution in [-0.2, 0) is 13.5 Å². The molecular weight excluding hydrogens is 489 g/mol. The molecule has 1 aromatic carbocycles. The Kier molecular flexibility index (Phi) is 9.16. The number of benzene rings is 1. The van der Waals surface area contributed by atoms with Crippen LogP contribution in [0, 0.1) is 6.92 Å². The smallest absolute Gasteiger partial charge is 0.191 e. The van der Waals surface area contributed by atoms with Crippen LogP contribution >= 0.6 is 24.0 Å². The fourth-order valence-corrected chi connectivity index (χ4v) is 3.52. The predicted molar refractivity (Wildman–Crippen MR) is 136 cm³/mol. The molecule has 2 heterocycles. The fraction of sp³-hybridized carbons (Fsp3) is 0.455. The largest absolute Gasteiger partial charge is 0.361 e. The molecule has 0 aliphatic rings. The molecule has 0 aliphatic heterocycles. The summed E-state index contributed by atoms with van der Waals surface area (Å²) in [6, 6.07) is 6.75. The minimum absolute atomic E-state index is 0. The highest BCUT2D eigenvalue weighted by atomic mass is 127. The van der Waals surface area contributed by atoms with Gasteiger partial charge in [-0.3, -0.25) is 9.67 Å². The van der Waals surface area contributed by atoms with Crippen LogP contribution < -0.4 is 10.6 Å². The van der Waals surface area contributed by atoms with Crippen molar-refractivity contribution >= 4 is 40.8 Å². The van der Waals surface area contributed by atoms with E-state index in [0.717, 1.165) is 25.5 Å². The summed E-state index contributed by atoms with van der Waals surface area (Å²) in [5, 5.41) is 12.4. The summed E-state index contributed by atoms with van der Waals surface area (Å²) in [6.07, 6.45) is 7.02. The molecular formula is C22H34IN7. The van der Waals surface area contributed by atoms with E-state index in [1.807, 2.05) is 17.9 Å². The molecule has 3 aromatic rings. The minimum Gasteiger partial charge on any atom is -0.361 e. The van der Waals surface area contributed by atoms with Gasteiger partial charge in [0.05, 0.1) is 18.8 Å². The summed E-state index contributed by atoms with van der Waals surface area (Å²) in [5.41, 5.74) is 4.97. The lowest BCUT2D eigenvalue weighted by molar-refractivity contribution is 0.306. The molecule has 2 aromatic heterocycles. The van der Waals surface area contributed by atoms with E-state index >= 15 is 0 Å².